The van der Waals surface area contributed by atoms with Gasteiger partial charge in [-0.05, 0) is 6.42 Å². The summed E-state index contributed by atoms with van der Waals surface area (Å²) in [6.07, 6.45) is 1.44. The molecule has 0 unspecified atom stereocenters. The Balaban J connectivity index is 2.09. The Morgan fingerprint density at radius 1 is 1.25 bits per heavy atom. The van der Waals surface area contributed by atoms with Crippen molar-refractivity contribution >= 4 is 11.3 Å². The Labute approximate surface area is 116 Å². The fourth-order valence-electron chi connectivity index (χ4n) is 1.65. The smallest absolute Gasteiger partial charge is 0.415 e. The molecular formula is C11H9N5O3S. The molecule has 0 aliphatic rings. The first-order valence-electron chi connectivity index (χ1n) is 5.71. The van der Waals surface area contributed by atoms with Crippen LogP contribution in [0.4, 0.5) is 0 Å². The predicted octanol–water partition coefficient (Wildman–Crippen LogP) is 1.62. The Hall–Kier alpha value is -2.55. The second-order valence-corrected chi connectivity index (χ2v) is 4.81. The highest BCUT2D eigenvalue weighted by Crippen LogP contribution is 2.34. The molecule has 0 fully saturated rings. The summed E-state index contributed by atoms with van der Waals surface area (Å²) in [5.41, 5.74) is 1.28. The van der Waals surface area contributed by atoms with Crippen LogP contribution < -0.4 is 0 Å². The van der Waals surface area contributed by atoms with E-state index in [1.54, 1.807) is 0 Å². The highest BCUT2D eigenvalue weighted by atomic mass is 32.1. The van der Waals surface area contributed by atoms with Crippen molar-refractivity contribution in [1.82, 2.24) is 25.1 Å². The van der Waals surface area contributed by atoms with E-state index in [1.807, 2.05) is 6.92 Å². The third kappa shape index (κ3) is 2.18. The van der Waals surface area contributed by atoms with Gasteiger partial charge in [0.15, 0.2) is 0 Å². The molecule has 0 saturated carbocycles. The highest BCUT2D eigenvalue weighted by Gasteiger charge is 2.18. The average molecular weight is 291 g/mol. The SMILES string of the molecule is CCc1nc(-c2cc(O)ncn2)sc1-c1noc(O)n1. The molecule has 0 aromatic carbocycles. The summed E-state index contributed by atoms with van der Waals surface area (Å²) in [6, 6.07) is 1.43. The quantitative estimate of drug-likeness (QED) is 0.747. The molecule has 0 aliphatic carbocycles. The van der Waals surface area contributed by atoms with Crippen LogP contribution in [0, 0.1) is 0 Å². The topological polar surface area (TPSA) is 118 Å². The minimum atomic E-state index is -0.489. The maximum atomic E-state index is 9.38. The van der Waals surface area contributed by atoms with E-state index in [1.165, 1.54) is 23.7 Å². The summed E-state index contributed by atoms with van der Waals surface area (Å²) < 4.78 is 4.56. The first-order valence-corrected chi connectivity index (χ1v) is 6.53. The normalized spacial score (nSPS) is 10.8. The van der Waals surface area contributed by atoms with Crippen LogP contribution in [0.2, 0.25) is 0 Å². The lowest BCUT2D eigenvalue weighted by molar-refractivity contribution is 0.267. The molecule has 0 atom stereocenters. The molecule has 0 bridgehead atoms. The summed E-state index contributed by atoms with van der Waals surface area (Å²) >= 11 is 1.30. The fraction of sp³-hybridized carbons (Fsp3) is 0.182. The number of nitrogens with zero attached hydrogens (tertiary/aromatic N) is 5. The van der Waals surface area contributed by atoms with E-state index in [-0.39, 0.29) is 11.7 Å². The van der Waals surface area contributed by atoms with E-state index in [2.05, 4.69) is 29.6 Å². The van der Waals surface area contributed by atoms with Gasteiger partial charge in [0.25, 0.3) is 0 Å². The van der Waals surface area contributed by atoms with E-state index in [9.17, 15) is 5.11 Å². The lowest BCUT2D eigenvalue weighted by atomic mass is 10.3. The largest absolute Gasteiger partial charge is 0.493 e. The lowest BCUT2D eigenvalue weighted by Crippen LogP contribution is -1.87. The molecule has 102 valence electrons. The number of hydrogen-bond acceptors (Lipinski definition) is 9. The molecule has 3 heterocycles. The van der Waals surface area contributed by atoms with E-state index in [0.29, 0.717) is 22.0 Å². The first kappa shape index (κ1) is 12.5. The zero-order valence-electron chi connectivity index (χ0n) is 10.3. The summed E-state index contributed by atoms with van der Waals surface area (Å²) in [4.78, 5) is 16.6. The first-order chi connectivity index (χ1) is 9.67. The van der Waals surface area contributed by atoms with Gasteiger partial charge < -0.3 is 10.2 Å². The Bertz CT molecular complexity index is 754. The van der Waals surface area contributed by atoms with Crippen LogP contribution in [0.1, 0.15) is 12.6 Å². The van der Waals surface area contributed by atoms with Crippen molar-refractivity contribution in [3.63, 3.8) is 0 Å². The molecule has 3 aromatic heterocycles. The van der Waals surface area contributed by atoms with E-state index >= 15 is 0 Å². The van der Waals surface area contributed by atoms with Gasteiger partial charge in [-0.15, -0.1) is 11.3 Å². The molecule has 2 N–H and O–H groups in total. The van der Waals surface area contributed by atoms with Crippen molar-refractivity contribution in [1.29, 1.82) is 0 Å². The van der Waals surface area contributed by atoms with Crippen molar-refractivity contribution < 1.29 is 14.7 Å². The van der Waals surface area contributed by atoms with Crippen molar-refractivity contribution in [3.05, 3.63) is 18.1 Å². The number of aryl methyl sites for hydroxylation is 1. The summed E-state index contributed by atoms with van der Waals surface area (Å²) in [5.74, 6) is 0.156. The fourth-order valence-corrected chi connectivity index (χ4v) is 2.69. The van der Waals surface area contributed by atoms with Crippen molar-refractivity contribution in [2.75, 3.05) is 0 Å². The van der Waals surface area contributed by atoms with Crippen LogP contribution in [-0.2, 0) is 6.42 Å². The average Bonchev–Trinajstić information content (AvgIpc) is 3.04. The van der Waals surface area contributed by atoms with Crippen molar-refractivity contribution in [2.24, 2.45) is 0 Å². The highest BCUT2D eigenvalue weighted by molar-refractivity contribution is 7.18. The van der Waals surface area contributed by atoms with Gasteiger partial charge in [-0.3, -0.25) is 4.52 Å². The molecular weight excluding hydrogens is 282 g/mol. The zero-order chi connectivity index (χ0) is 14.1. The van der Waals surface area contributed by atoms with Crippen LogP contribution in [0.5, 0.6) is 12.0 Å². The standard InChI is InChI=1S/C11H9N5O3S/c1-2-5-8(9-15-11(18)19-16-9)20-10(14-5)6-3-7(17)13-4-12-6/h3-4H,2H2,1H3,(H,12,13,17)(H,15,16,18). The molecule has 3 rings (SSSR count). The number of rotatable bonds is 3. The zero-order valence-corrected chi connectivity index (χ0v) is 11.1. The second kappa shape index (κ2) is 4.85. The number of aromatic nitrogens is 5. The molecule has 0 radical (unpaired) electrons. The van der Waals surface area contributed by atoms with Crippen LogP contribution in [-0.4, -0.2) is 35.3 Å². The maximum Gasteiger partial charge on any atom is 0.415 e. The van der Waals surface area contributed by atoms with Crippen LogP contribution in [0.15, 0.2) is 16.9 Å². The van der Waals surface area contributed by atoms with Gasteiger partial charge in [0.05, 0.1) is 10.6 Å². The second-order valence-electron chi connectivity index (χ2n) is 3.81. The van der Waals surface area contributed by atoms with Crippen LogP contribution in [0.25, 0.3) is 21.4 Å². The van der Waals surface area contributed by atoms with E-state index < -0.39 is 6.08 Å². The van der Waals surface area contributed by atoms with Gasteiger partial charge >= 0.3 is 6.08 Å². The number of hydrogen-bond donors (Lipinski definition) is 2. The van der Waals surface area contributed by atoms with Gasteiger partial charge in [-0.25, -0.2) is 15.0 Å². The minimum absolute atomic E-state index is 0.123. The Morgan fingerprint density at radius 2 is 2.10 bits per heavy atom. The van der Waals surface area contributed by atoms with Crippen molar-refractivity contribution in [2.45, 2.75) is 13.3 Å². The summed E-state index contributed by atoms with van der Waals surface area (Å²) in [5, 5.41) is 22.8. The summed E-state index contributed by atoms with van der Waals surface area (Å²) in [6.45, 7) is 1.94. The Morgan fingerprint density at radius 3 is 2.75 bits per heavy atom. The van der Waals surface area contributed by atoms with Gasteiger partial charge in [-0.2, -0.15) is 4.98 Å². The van der Waals surface area contributed by atoms with Crippen molar-refractivity contribution in [3.8, 4) is 33.4 Å². The molecule has 0 amide bonds. The lowest BCUT2D eigenvalue weighted by Gasteiger charge is -1.94. The third-order valence-corrected chi connectivity index (χ3v) is 3.64. The predicted molar refractivity (Wildman–Crippen MR) is 69.1 cm³/mol. The third-order valence-electron chi connectivity index (χ3n) is 2.52. The van der Waals surface area contributed by atoms with Gasteiger partial charge in [-0.1, -0.05) is 12.1 Å². The summed E-state index contributed by atoms with van der Waals surface area (Å²) in [7, 11) is 0. The van der Waals surface area contributed by atoms with E-state index in [0.717, 1.165) is 5.69 Å². The van der Waals surface area contributed by atoms with E-state index in [4.69, 9.17) is 5.11 Å². The van der Waals surface area contributed by atoms with Crippen LogP contribution in [0.3, 0.4) is 0 Å². The maximum absolute atomic E-state index is 9.38. The van der Waals surface area contributed by atoms with Gasteiger partial charge in [0.2, 0.25) is 11.7 Å². The molecule has 9 heteroatoms. The minimum Gasteiger partial charge on any atom is -0.493 e. The Kier molecular flexibility index (Phi) is 3.03. The molecule has 8 nitrogen and oxygen atoms in total. The number of thiazole rings is 1. The van der Waals surface area contributed by atoms with Gasteiger partial charge in [0.1, 0.15) is 17.0 Å². The van der Waals surface area contributed by atoms with Gasteiger partial charge in [0, 0.05) is 6.07 Å². The molecule has 0 spiro atoms. The molecule has 0 aliphatic heterocycles. The molecule has 0 saturated heterocycles. The number of aromatic hydroxyl groups is 2. The van der Waals surface area contributed by atoms with Crippen LogP contribution >= 0.6 is 11.3 Å². The molecule has 20 heavy (non-hydrogen) atoms. The monoisotopic (exact) mass is 291 g/mol. The molecule has 3 aromatic rings.